The van der Waals surface area contributed by atoms with Crippen LogP contribution in [-0.4, -0.2) is 55.5 Å². The lowest BCUT2D eigenvalue weighted by Crippen LogP contribution is -2.36. The number of sulfonamides is 1. The molecule has 0 saturated carbocycles. The summed E-state index contributed by atoms with van der Waals surface area (Å²) in [4.78, 5) is 11.9. The van der Waals surface area contributed by atoms with Gasteiger partial charge in [0.05, 0.1) is 17.5 Å². The van der Waals surface area contributed by atoms with Crippen molar-refractivity contribution in [1.82, 2.24) is 14.3 Å². The zero-order valence-corrected chi connectivity index (χ0v) is 23.5. The number of aromatic nitrogens is 2. The molecule has 0 amide bonds. The standard InChI is InChI=1S/C30H33N5O4S/c1-21-19-31-30(32-23-8-10-24(11-9-23)34-15-13-25(38-2)14-16-34)33-29(21)27-18-22-12-17-35(20-28(22)39-27)40(36,37)26-6-4-3-5-7-26/h3-11,18-19,25H,12-17,20H2,1-2H3,(H,31,32,33). The molecular weight excluding hydrogens is 526 g/mol. The maximum Gasteiger partial charge on any atom is 0.243 e. The smallest absolute Gasteiger partial charge is 0.243 e. The first-order chi connectivity index (χ1) is 19.4. The molecule has 0 unspecified atom stereocenters. The lowest BCUT2D eigenvalue weighted by Gasteiger charge is -2.33. The SMILES string of the molecule is COC1CCN(c2ccc(Nc3ncc(C)c(-c4cc5c(o4)CN(S(=O)(=O)c4ccccc4)CC5)n3)cc2)CC1. The van der Waals surface area contributed by atoms with Crippen LogP contribution in [0.2, 0.25) is 0 Å². The van der Waals surface area contributed by atoms with Gasteiger partial charge in [-0.1, -0.05) is 18.2 Å². The highest BCUT2D eigenvalue weighted by Crippen LogP contribution is 2.33. The van der Waals surface area contributed by atoms with Crippen LogP contribution in [0.25, 0.3) is 11.5 Å². The van der Waals surface area contributed by atoms with E-state index >= 15 is 0 Å². The van der Waals surface area contributed by atoms with Gasteiger partial charge >= 0.3 is 0 Å². The second kappa shape index (κ2) is 11.0. The van der Waals surface area contributed by atoms with Crippen LogP contribution >= 0.6 is 0 Å². The van der Waals surface area contributed by atoms with Gasteiger partial charge in [-0.05, 0) is 79.8 Å². The highest BCUT2D eigenvalue weighted by atomic mass is 32.2. The zero-order chi connectivity index (χ0) is 27.7. The molecule has 2 aliphatic heterocycles. The molecule has 1 fully saturated rings. The van der Waals surface area contributed by atoms with Gasteiger partial charge in [-0.2, -0.15) is 4.31 Å². The molecule has 4 aromatic rings. The Morgan fingerprint density at radius 3 is 2.50 bits per heavy atom. The van der Waals surface area contributed by atoms with Crippen molar-refractivity contribution in [1.29, 1.82) is 0 Å². The van der Waals surface area contributed by atoms with E-state index in [2.05, 4.69) is 27.3 Å². The largest absolute Gasteiger partial charge is 0.458 e. The normalized spacial score (nSPS) is 16.6. The number of aryl methyl sites for hydroxylation is 1. The Balaban J connectivity index is 1.17. The Kier molecular flexibility index (Phi) is 7.31. The van der Waals surface area contributed by atoms with Crippen molar-refractivity contribution in [3.63, 3.8) is 0 Å². The summed E-state index contributed by atoms with van der Waals surface area (Å²) in [5, 5.41) is 3.30. The topological polar surface area (TPSA) is 101 Å². The number of furan rings is 1. The molecule has 1 saturated heterocycles. The first-order valence-electron chi connectivity index (χ1n) is 13.6. The Morgan fingerprint density at radius 1 is 1.02 bits per heavy atom. The van der Waals surface area contributed by atoms with Gasteiger partial charge in [0.15, 0.2) is 5.76 Å². The minimum Gasteiger partial charge on any atom is -0.458 e. The Morgan fingerprint density at radius 2 is 1.77 bits per heavy atom. The van der Waals surface area contributed by atoms with E-state index in [9.17, 15) is 8.42 Å². The number of hydrogen-bond acceptors (Lipinski definition) is 8. The number of nitrogens with zero attached hydrogens (tertiary/aromatic N) is 4. The van der Waals surface area contributed by atoms with Crippen molar-refractivity contribution in [3.8, 4) is 11.5 Å². The minimum atomic E-state index is -3.59. The monoisotopic (exact) mass is 559 g/mol. The van der Waals surface area contributed by atoms with Crippen LogP contribution in [0.1, 0.15) is 29.7 Å². The van der Waals surface area contributed by atoms with E-state index in [0.29, 0.717) is 42.2 Å². The van der Waals surface area contributed by atoms with Gasteiger partial charge in [0.1, 0.15) is 11.5 Å². The number of benzene rings is 2. The van der Waals surface area contributed by atoms with Crippen LogP contribution in [0.4, 0.5) is 17.3 Å². The van der Waals surface area contributed by atoms with Crippen LogP contribution in [0.3, 0.4) is 0 Å². The van der Waals surface area contributed by atoms with Crippen LogP contribution in [0.15, 0.2) is 76.2 Å². The third kappa shape index (κ3) is 5.34. The van der Waals surface area contributed by atoms with E-state index in [4.69, 9.17) is 14.1 Å². The fourth-order valence-electron chi connectivity index (χ4n) is 5.35. The maximum absolute atomic E-state index is 13.1. The first kappa shape index (κ1) is 26.5. The van der Waals surface area contributed by atoms with Crippen LogP contribution in [0.5, 0.6) is 0 Å². The molecule has 0 atom stereocenters. The summed E-state index contributed by atoms with van der Waals surface area (Å²) in [6.45, 7) is 4.50. The molecule has 0 radical (unpaired) electrons. The molecule has 0 bridgehead atoms. The van der Waals surface area contributed by atoms with Crippen LogP contribution < -0.4 is 10.2 Å². The minimum absolute atomic E-state index is 0.192. The highest BCUT2D eigenvalue weighted by Gasteiger charge is 2.31. The number of piperidine rings is 1. The summed E-state index contributed by atoms with van der Waals surface area (Å²) in [5.74, 6) is 1.73. The molecule has 0 aliphatic carbocycles. The van der Waals surface area contributed by atoms with Crippen molar-refractivity contribution in [2.45, 2.75) is 43.7 Å². The number of rotatable bonds is 7. The fourth-order valence-corrected chi connectivity index (χ4v) is 6.76. The van der Waals surface area contributed by atoms with E-state index in [1.807, 2.05) is 31.2 Å². The van der Waals surface area contributed by atoms with Crippen molar-refractivity contribution < 1.29 is 17.6 Å². The quantitative estimate of drug-likeness (QED) is 0.332. The van der Waals surface area contributed by atoms with Gasteiger partial charge in [-0.3, -0.25) is 0 Å². The summed E-state index contributed by atoms with van der Waals surface area (Å²) < 4.78 is 39.4. The van der Waals surface area contributed by atoms with Crippen LogP contribution in [-0.2, 0) is 27.7 Å². The number of ether oxygens (including phenoxy) is 1. The number of nitrogens with one attached hydrogen (secondary N) is 1. The lowest BCUT2D eigenvalue weighted by atomic mass is 10.1. The molecule has 40 heavy (non-hydrogen) atoms. The van der Waals surface area contributed by atoms with Crippen molar-refractivity contribution in [3.05, 3.63) is 83.7 Å². The van der Waals surface area contributed by atoms with Gasteiger partial charge in [-0.15, -0.1) is 0 Å². The van der Waals surface area contributed by atoms with Gasteiger partial charge in [0.2, 0.25) is 16.0 Å². The molecule has 2 aliphatic rings. The summed E-state index contributed by atoms with van der Waals surface area (Å²) >= 11 is 0. The molecule has 10 heteroatoms. The maximum atomic E-state index is 13.1. The Labute approximate surface area is 234 Å². The summed E-state index contributed by atoms with van der Waals surface area (Å²) in [6, 6.07) is 18.8. The van der Waals surface area contributed by atoms with E-state index in [1.165, 1.54) is 9.99 Å². The first-order valence-corrected chi connectivity index (χ1v) is 15.0. The average Bonchev–Trinajstić information content (AvgIpc) is 3.42. The Hall–Kier alpha value is -3.73. The molecular formula is C30H33N5O4S. The summed E-state index contributed by atoms with van der Waals surface area (Å²) in [6.07, 6.45) is 4.77. The summed E-state index contributed by atoms with van der Waals surface area (Å²) in [7, 11) is -1.81. The lowest BCUT2D eigenvalue weighted by molar-refractivity contribution is 0.0819. The molecule has 4 heterocycles. The molecule has 9 nitrogen and oxygen atoms in total. The molecule has 2 aromatic heterocycles. The van der Waals surface area contributed by atoms with Gasteiger partial charge in [0, 0.05) is 44.3 Å². The number of methoxy groups -OCH3 is 1. The molecule has 208 valence electrons. The number of anilines is 3. The van der Waals surface area contributed by atoms with Crippen LogP contribution in [0, 0.1) is 6.92 Å². The average molecular weight is 560 g/mol. The summed E-state index contributed by atoms with van der Waals surface area (Å²) in [5.41, 5.74) is 4.65. The van der Waals surface area contributed by atoms with E-state index in [1.54, 1.807) is 37.6 Å². The van der Waals surface area contributed by atoms with Crippen molar-refractivity contribution in [2.24, 2.45) is 0 Å². The number of fused-ring (bicyclic) bond motifs is 1. The third-order valence-corrected chi connectivity index (χ3v) is 9.56. The number of hydrogen-bond donors (Lipinski definition) is 1. The van der Waals surface area contributed by atoms with Gasteiger partial charge in [0.25, 0.3) is 0 Å². The van der Waals surface area contributed by atoms with Gasteiger partial charge < -0.3 is 19.4 Å². The molecule has 2 aromatic carbocycles. The predicted molar refractivity (Wildman–Crippen MR) is 154 cm³/mol. The Bertz CT molecular complexity index is 1580. The third-order valence-electron chi connectivity index (χ3n) is 7.70. The van der Waals surface area contributed by atoms with E-state index in [0.717, 1.165) is 42.7 Å². The highest BCUT2D eigenvalue weighted by molar-refractivity contribution is 7.89. The van der Waals surface area contributed by atoms with Gasteiger partial charge in [-0.25, -0.2) is 18.4 Å². The molecule has 0 spiro atoms. The fraction of sp³-hybridized carbons (Fsp3) is 0.333. The predicted octanol–water partition coefficient (Wildman–Crippen LogP) is 5.15. The van der Waals surface area contributed by atoms with Crippen molar-refractivity contribution >= 4 is 27.3 Å². The second-order valence-corrected chi connectivity index (χ2v) is 12.2. The molecule has 1 N–H and O–H groups in total. The second-order valence-electron chi connectivity index (χ2n) is 10.3. The zero-order valence-electron chi connectivity index (χ0n) is 22.7. The van der Waals surface area contributed by atoms with E-state index < -0.39 is 10.0 Å². The van der Waals surface area contributed by atoms with Crippen molar-refractivity contribution in [2.75, 3.05) is 37.0 Å². The molecule has 6 rings (SSSR count). The van der Waals surface area contributed by atoms with E-state index in [-0.39, 0.29) is 11.4 Å².